The van der Waals surface area contributed by atoms with Crippen LogP contribution in [0.3, 0.4) is 0 Å². The number of aromatic nitrogens is 2. The number of halogens is 1. The topological polar surface area (TPSA) is 67.3 Å². The minimum absolute atomic E-state index is 0.155. The fourth-order valence-corrected chi connectivity index (χ4v) is 2.84. The van der Waals surface area contributed by atoms with E-state index in [0.717, 1.165) is 5.01 Å². The van der Waals surface area contributed by atoms with Crippen molar-refractivity contribution in [2.75, 3.05) is 30.9 Å². The average molecular weight is 355 g/mol. The summed E-state index contributed by atoms with van der Waals surface area (Å²) < 4.78 is 5.21. The van der Waals surface area contributed by atoms with Crippen LogP contribution in [0.25, 0.3) is 0 Å². The molecule has 8 heteroatoms. The van der Waals surface area contributed by atoms with Gasteiger partial charge in [0.2, 0.25) is 11.0 Å². The smallest absolute Gasteiger partial charge is 0.244 e. The Labute approximate surface area is 144 Å². The van der Waals surface area contributed by atoms with Gasteiger partial charge in [-0.25, -0.2) is 0 Å². The minimum Gasteiger partial charge on any atom is -0.495 e. The summed E-state index contributed by atoms with van der Waals surface area (Å²) in [4.78, 5) is 14.0. The van der Waals surface area contributed by atoms with Gasteiger partial charge in [-0.05, 0) is 18.2 Å². The molecule has 1 N–H and O–H groups in total. The number of likely N-dealkylation sites (N-methyl/N-ethyl adjacent to an activating group) is 1. The Morgan fingerprint density at radius 1 is 1.43 bits per heavy atom. The lowest BCUT2D eigenvalue weighted by Crippen LogP contribution is -2.30. The summed E-state index contributed by atoms with van der Waals surface area (Å²) in [6, 6.07) is 5.07. The number of amides is 1. The van der Waals surface area contributed by atoms with Crippen molar-refractivity contribution in [2.24, 2.45) is 0 Å². The van der Waals surface area contributed by atoms with E-state index >= 15 is 0 Å². The van der Waals surface area contributed by atoms with Crippen molar-refractivity contribution in [1.82, 2.24) is 10.2 Å². The number of benzene rings is 1. The van der Waals surface area contributed by atoms with Gasteiger partial charge in [0.05, 0.1) is 19.3 Å². The second kappa shape index (κ2) is 7.61. The Kier molecular flexibility index (Phi) is 5.79. The fraction of sp³-hybridized carbons (Fsp3) is 0.400. The molecule has 2 aromatic rings. The second-order valence-electron chi connectivity index (χ2n) is 5.33. The van der Waals surface area contributed by atoms with Gasteiger partial charge in [-0.1, -0.05) is 36.8 Å². The van der Waals surface area contributed by atoms with Crippen molar-refractivity contribution in [3.05, 3.63) is 28.2 Å². The lowest BCUT2D eigenvalue weighted by molar-refractivity contribution is -0.114. The first-order valence-electron chi connectivity index (χ1n) is 7.08. The maximum atomic E-state index is 12.2. The number of carbonyl (C=O) groups is 1. The highest BCUT2D eigenvalue weighted by Crippen LogP contribution is 2.28. The van der Waals surface area contributed by atoms with E-state index in [1.54, 1.807) is 37.3 Å². The van der Waals surface area contributed by atoms with Gasteiger partial charge >= 0.3 is 0 Å². The van der Waals surface area contributed by atoms with E-state index in [1.807, 2.05) is 0 Å². The number of anilines is 2. The van der Waals surface area contributed by atoms with Crippen molar-refractivity contribution >= 4 is 39.7 Å². The normalized spacial score (nSPS) is 10.7. The predicted octanol–water partition coefficient (Wildman–Crippen LogP) is 3.40. The summed E-state index contributed by atoms with van der Waals surface area (Å²) in [5, 5.41) is 13.2. The van der Waals surface area contributed by atoms with Gasteiger partial charge in [-0.2, -0.15) is 0 Å². The molecule has 0 saturated carbocycles. The molecule has 124 valence electrons. The zero-order valence-electron chi connectivity index (χ0n) is 13.5. The molecule has 0 spiro atoms. The van der Waals surface area contributed by atoms with E-state index in [1.165, 1.54) is 11.3 Å². The number of nitrogens with one attached hydrogen (secondary N) is 1. The quantitative estimate of drug-likeness (QED) is 0.861. The van der Waals surface area contributed by atoms with Gasteiger partial charge in [0.25, 0.3) is 0 Å². The van der Waals surface area contributed by atoms with Gasteiger partial charge in [0.15, 0.2) is 0 Å². The Balaban J connectivity index is 2.02. The van der Waals surface area contributed by atoms with Crippen LogP contribution >= 0.6 is 22.9 Å². The summed E-state index contributed by atoms with van der Waals surface area (Å²) >= 11 is 7.44. The minimum atomic E-state index is -0.186. The molecular formula is C15H19ClN4O2S. The van der Waals surface area contributed by atoms with Crippen LogP contribution in [-0.4, -0.2) is 36.8 Å². The molecule has 0 aliphatic carbocycles. The SMILES string of the molecule is COc1ccc(Cl)cc1NC(=O)CN(C)c1nnc(C(C)C)s1. The Morgan fingerprint density at radius 3 is 2.78 bits per heavy atom. The summed E-state index contributed by atoms with van der Waals surface area (Å²) in [6.45, 7) is 4.27. The highest BCUT2D eigenvalue weighted by molar-refractivity contribution is 7.15. The molecule has 0 saturated heterocycles. The molecule has 0 radical (unpaired) electrons. The summed E-state index contributed by atoms with van der Waals surface area (Å²) in [5.74, 6) is 0.692. The first-order valence-corrected chi connectivity index (χ1v) is 8.28. The number of hydrogen-bond acceptors (Lipinski definition) is 6. The first kappa shape index (κ1) is 17.5. The van der Waals surface area contributed by atoms with E-state index < -0.39 is 0 Å². The average Bonchev–Trinajstić information content (AvgIpc) is 2.97. The molecule has 0 bridgehead atoms. The number of hydrogen-bond donors (Lipinski definition) is 1. The number of nitrogens with zero attached hydrogens (tertiary/aromatic N) is 3. The zero-order valence-corrected chi connectivity index (χ0v) is 15.0. The van der Waals surface area contributed by atoms with Crippen molar-refractivity contribution < 1.29 is 9.53 Å². The molecule has 1 aromatic heterocycles. The molecule has 0 aliphatic rings. The molecule has 2 rings (SSSR count). The standard InChI is InChI=1S/C15H19ClN4O2S/c1-9(2)14-18-19-15(23-14)20(3)8-13(21)17-11-7-10(16)5-6-12(11)22-4/h5-7,9H,8H2,1-4H3,(H,17,21). The molecule has 1 heterocycles. The lowest BCUT2D eigenvalue weighted by atomic mass is 10.2. The van der Waals surface area contributed by atoms with Gasteiger partial charge in [-0.15, -0.1) is 10.2 Å². The monoisotopic (exact) mass is 354 g/mol. The van der Waals surface area contributed by atoms with Crippen LogP contribution < -0.4 is 15.0 Å². The highest BCUT2D eigenvalue weighted by atomic mass is 35.5. The maximum absolute atomic E-state index is 12.2. The maximum Gasteiger partial charge on any atom is 0.244 e. The van der Waals surface area contributed by atoms with Gasteiger partial charge in [-0.3, -0.25) is 4.79 Å². The van der Waals surface area contributed by atoms with E-state index in [0.29, 0.717) is 27.5 Å². The molecule has 0 unspecified atom stereocenters. The van der Waals surface area contributed by atoms with Crippen molar-refractivity contribution in [3.8, 4) is 5.75 Å². The number of ether oxygens (including phenoxy) is 1. The predicted molar refractivity (Wildman–Crippen MR) is 93.9 cm³/mol. The number of carbonyl (C=O) groups excluding carboxylic acids is 1. The molecule has 1 aromatic carbocycles. The highest BCUT2D eigenvalue weighted by Gasteiger charge is 2.15. The Bertz CT molecular complexity index is 690. The van der Waals surface area contributed by atoms with E-state index in [-0.39, 0.29) is 12.5 Å². The van der Waals surface area contributed by atoms with Crippen LogP contribution in [0.2, 0.25) is 5.02 Å². The molecule has 0 aliphatic heterocycles. The molecule has 6 nitrogen and oxygen atoms in total. The van der Waals surface area contributed by atoms with E-state index in [2.05, 4.69) is 29.4 Å². The summed E-state index contributed by atoms with van der Waals surface area (Å²) in [7, 11) is 3.35. The second-order valence-corrected chi connectivity index (χ2v) is 6.75. The largest absolute Gasteiger partial charge is 0.495 e. The van der Waals surface area contributed by atoms with Gasteiger partial charge < -0.3 is 15.0 Å². The third kappa shape index (κ3) is 4.56. The van der Waals surface area contributed by atoms with Crippen LogP contribution in [0.5, 0.6) is 5.75 Å². The fourth-order valence-electron chi connectivity index (χ4n) is 1.86. The van der Waals surface area contributed by atoms with Crippen LogP contribution in [-0.2, 0) is 4.79 Å². The molecule has 0 fully saturated rings. The van der Waals surface area contributed by atoms with E-state index in [9.17, 15) is 4.79 Å². The summed E-state index contributed by atoms with van der Waals surface area (Å²) in [5.41, 5.74) is 0.540. The molecule has 23 heavy (non-hydrogen) atoms. The van der Waals surface area contributed by atoms with Gasteiger partial charge in [0, 0.05) is 18.0 Å². The van der Waals surface area contributed by atoms with Crippen molar-refractivity contribution in [2.45, 2.75) is 19.8 Å². The molecular weight excluding hydrogens is 336 g/mol. The van der Waals surface area contributed by atoms with Crippen LogP contribution in [0, 0.1) is 0 Å². The van der Waals surface area contributed by atoms with Crippen molar-refractivity contribution in [3.63, 3.8) is 0 Å². The van der Waals surface area contributed by atoms with E-state index in [4.69, 9.17) is 16.3 Å². The molecule has 0 atom stereocenters. The Morgan fingerprint density at radius 2 is 2.17 bits per heavy atom. The van der Waals surface area contributed by atoms with Crippen molar-refractivity contribution in [1.29, 1.82) is 0 Å². The van der Waals surface area contributed by atoms with Crippen LogP contribution in [0.15, 0.2) is 18.2 Å². The van der Waals surface area contributed by atoms with Crippen LogP contribution in [0.4, 0.5) is 10.8 Å². The zero-order chi connectivity index (χ0) is 17.0. The molecule has 1 amide bonds. The third-order valence-corrected chi connectivity index (χ3v) is 4.64. The first-order chi connectivity index (χ1) is 10.9. The number of rotatable bonds is 6. The van der Waals surface area contributed by atoms with Gasteiger partial charge in [0.1, 0.15) is 10.8 Å². The van der Waals surface area contributed by atoms with Crippen LogP contribution in [0.1, 0.15) is 24.8 Å². The Hall–Kier alpha value is -1.86. The number of methoxy groups -OCH3 is 1. The third-order valence-electron chi connectivity index (χ3n) is 3.07. The lowest BCUT2D eigenvalue weighted by Gasteiger charge is -2.16. The summed E-state index contributed by atoms with van der Waals surface area (Å²) in [6.07, 6.45) is 0.